The van der Waals surface area contributed by atoms with Gasteiger partial charge in [0.1, 0.15) is 6.61 Å². The normalized spacial score (nSPS) is 13.9. The summed E-state index contributed by atoms with van der Waals surface area (Å²) in [5, 5.41) is 3.32. The van der Waals surface area contributed by atoms with E-state index in [1.807, 2.05) is 31.3 Å². The molecular formula is C16H27NO2. The van der Waals surface area contributed by atoms with Crippen molar-refractivity contribution in [2.45, 2.75) is 39.7 Å². The molecule has 3 heteroatoms. The topological polar surface area (TPSA) is 30.5 Å². The molecule has 2 unspecified atom stereocenters. The zero-order chi connectivity index (χ0) is 14.1. The molecule has 0 aliphatic rings. The maximum Gasteiger partial charge on any atom is 0.161 e. The first-order valence-electron chi connectivity index (χ1n) is 7.24. The Balaban J connectivity index is 2.60. The van der Waals surface area contributed by atoms with Gasteiger partial charge in [0, 0.05) is 6.04 Å². The minimum absolute atomic E-state index is 0.365. The molecule has 0 aliphatic carbocycles. The number of ether oxygens (including phenoxy) is 2. The predicted molar refractivity (Wildman–Crippen MR) is 80.0 cm³/mol. The zero-order valence-electron chi connectivity index (χ0n) is 12.6. The van der Waals surface area contributed by atoms with Crippen molar-refractivity contribution in [1.29, 1.82) is 0 Å². The van der Waals surface area contributed by atoms with Crippen molar-refractivity contribution in [3.8, 4) is 11.5 Å². The van der Waals surface area contributed by atoms with E-state index in [9.17, 15) is 0 Å². The number of hydrogen-bond donors (Lipinski definition) is 1. The smallest absolute Gasteiger partial charge is 0.161 e. The fraction of sp³-hybridized carbons (Fsp3) is 0.625. The van der Waals surface area contributed by atoms with Gasteiger partial charge in [0.15, 0.2) is 11.5 Å². The molecule has 1 aromatic rings. The third-order valence-corrected chi connectivity index (χ3v) is 3.43. The average Bonchev–Trinajstić information content (AvgIpc) is 2.46. The van der Waals surface area contributed by atoms with Crippen LogP contribution in [0.5, 0.6) is 11.5 Å². The fourth-order valence-electron chi connectivity index (χ4n) is 1.90. The summed E-state index contributed by atoms with van der Waals surface area (Å²) in [5.41, 5.74) is 0. The molecule has 0 amide bonds. The Kier molecular flexibility index (Phi) is 7.34. The molecule has 0 saturated heterocycles. The molecule has 1 N–H and O–H groups in total. The van der Waals surface area contributed by atoms with Crippen molar-refractivity contribution in [1.82, 2.24) is 5.32 Å². The van der Waals surface area contributed by atoms with Gasteiger partial charge in [0.05, 0.1) is 6.61 Å². The summed E-state index contributed by atoms with van der Waals surface area (Å²) in [4.78, 5) is 0. The van der Waals surface area contributed by atoms with Gasteiger partial charge in [-0.05, 0) is 31.5 Å². The third kappa shape index (κ3) is 5.11. The Morgan fingerprint density at radius 2 is 1.74 bits per heavy atom. The Hall–Kier alpha value is -1.22. The monoisotopic (exact) mass is 265 g/mol. The van der Waals surface area contributed by atoms with E-state index in [2.05, 4.69) is 26.1 Å². The molecule has 1 rings (SSSR count). The van der Waals surface area contributed by atoms with Crippen molar-refractivity contribution in [2.75, 3.05) is 20.3 Å². The van der Waals surface area contributed by atoms with E-state index in [1.54, 1.807) is 0 Å². The molecule has 0 radical (unpaired) electrons. The Morgan fingerprint density at radius 1 is 1.11 bits per heavy atom. The maximum atomic E-state index is 5.92. The van der Waals surface area contributed by atoms with Crippen molar-refractivity contribution >= 4 is 0 Å². The second-order valence-electron chi connectivity index (χ2n) is 4.89. The SMILES string of the molecule is CCCOc1ccccc1OCC(NC)C(C)CC. The van der Waals surface area contributed by atoms with Gasteiger partial charge in [-0.1, -0.05) is 39.3 Å². The van der Waals surface area contributed by atoms with Crippen LogP contribution in [0.1, 0.15) is 33.6 Å². The number of benzene rings is 1. The summed E-state index contributed by atoms with van der Waals surface area (Å²) in [5.74, 6) is 2.26. The quantitative estimate of drug-likeness (QED) is 0.741. The largest absolute Gasteiger partial charge is 0.490 e. The molecule has 0 aliphatic heterocycles. The molecule has 0 saturated carbocycles. The second-order valence-corrected chi connectivity index (χ2v) is 4.89. The molecule has 0 heterocycles. The van der Waals surface area contributed by atoms with Crippen LogP contribution < -0.4 is 14.8 Å². The van der Waals surface area contributed by atoms with Crippen molar-refractivity contribution in [3.63, 3.8) is 0 Å². The highest BCUT2D eigenvalue weighted by molar-refractivity contribution is 5.39. The van der Waals surface area contributed by atoms with Crippen LogP contribution in [0, 0.1) is 5.92 Å². The lowest BCUT2D eigenvalue weighted by Crippen LogP contribution is -2.37. The minimum atomic E-state index is 0.365. The molecule has 2 atom stereocenters. The summed E-state index contributed by atoms with van der Waals surface area (Å²) in [6.07, 6.45) is 2.14. The number of rotatable bonds is 9. The van der Waals surface area contributed by atoms with E-state index in [0.29, 0.717) is 18.6 Å². The fourth-order valence-corrected chi connectivity index (χ4v) is 1.90. The number of likely N-dealkylation sites (N-methyl/N-ethyl adjacent to an activating group) is 1. The number of para-hydroxylation sites is 2. The van der Waals surface area contributed by atoms with Crippen LogP contribution in [-0.2, 0) is 0 Å². The molecule has 108 valence electrons. The summed E-state index contributed by atoms with van der Waals surface area (Å²) in [6.45, 7) is 7.93. The number of nitrogens with one attached hydrogen (secondary N) is 1. The van der Waals surface area contributed by atoms with Gasteiger partial charge in [-0.3, -0.25) is 0 Å². The molecule has 0 fully saturated rings. The van der Waals surface area contributed by atoms with Crippen molar-refractivity contribution in [3.05, 3.63) is 24.3 Å². The Bertz CT molecular complexity index is 354. The lowest BCUT2D eigenvalue weighted by atomic mass is 10.0. The molecular weight excluding hydrogens is 238 g/mol. The van der Waals surface area contributed by atoms with Crippen LogP contribution >= 0.6 is 0 Å². The first kappa shape index (κ1) is 15.8. The van der Waals surface area contributed by atoms with Gasteiger partial charge >= 0.3 is 0 Å². The summed E-state index contributed by atoms with van der Waals surface area (Å²) < 4.78 is 11.6. The van der Waals surface area contributed by atoms with Gasteiger partial charge in [-0.15, -0.1) is 0 Å². The minimum Gasteiger partial charge on any atom is -0.490 e. The van der Waals surface area contributed by atoms with Gasteiger partial charge in [-0.25, -0.2) is 0 Å². The van der Waals surface area contributed by atoms with E-state index >= 15 is 0 Å². The summed E-state index contributed by atoms with van der Waals surface area (Å²) >= 11 is 0. The predicted octanol–water partition coefficient (Wildman–Crippen LogP) is 3.49. The third-order valence-electron chi connectivity index (χ3n) is 3.43. The van der Waals surface area contributed by atoms with Crippen LogP contribution in [0.25, 0.3) is 0 Å². The lowest BCUT2D eigenvalue weighted by Gasteiger charge is -2.23. The van der Waals surface area contributed by atoms with E-state index in [-0.39, 0.29) is 0 Å². The van der Waals surface area contributed by atoms with Crippen LogP contribution in [0.3, 0.4) is 0 Å². The average molecular weight is 265 g/mol. The van der Waals surface area contributed by atoms with Gasteiger partial charge in [0.25, 0.3) is 0 Å². The van der Waals surface area contributed by atoms with Crippen molar-refractivity contribution in [2.24, 2.45) is 5.92 Å². The molecule has 19 heavy (non-hydrogen) atoms. The second kappa shape index (κ2) is 8.81. The van der Waals surface area contributed by atoms with Gasteiger partial charge < -0.3 is 14.8 Å². The van der Waals surface area contributed by atoms with E-state index in [1.165, 1.54) is 0 Å². The Labute approximate surface area is 117 Å². The van der Waals surface area contributed by atoms with Crippen LogP contribution in [-0.4, -0.2) is 26.3 Å². The number of hydrogen-bond acceptors (Lipinski definition) is 3. The van der Waals surface area contributed by atoms with Crippen LogP contribution in [0.2, 0.25) is 0 Å². The van der Waals surface area contributed by atoms with Gasteiger partial charge in [-0.2, -0.15) is 0 Å². The summed E-state index contributed by atoms with van der Waals surface area (Å²) in [6, 6.07) is 8.24. The molecule has 0 aromatic heterocycles. The van der Waals surface area contributed by atoms with E-state index in [4.69, 9.17) is 9.47 Å². The highest BCUT2D eigenvalue weighted by atomic mass is 16.5. The van der Waals surface area contributed by atoms with Crippen LogP contribution in [0.4, 0.5) is 0 Å². The Morgan fingerprint density at radius 3 is 2.26 bits per heavy atom. The molecule has 1 aromatic carbocycles. The van der Waals surface area contributed by atoms with Gasteiger partial charge in [0.2, 0.25) is 0 Å². The lowest BCUT2D eigenvalue weighted by molar-refractivity contribution is 0.214. The zero-order valence-corrected chi connectivity index (χ0v) is 12.6. The first-order chi connectivity index (χ1) is 9.22. The highest BCUT2D eigenvalue weighted by Gasteiger charge is 2.15. The highest BCUT2D eigenvalue weighted by Crippen LogP contribution is 2.27. The molecule has 3 nitrogen and oxygen atoms in total. The maximum absolute atomic E-state index is 5.92. The summed E-state index contributed by atoms with van der Waals surface area (Å²) in [7, 11) is 1.99. The molecule has 0 bridgehead atoms. The van der Waals surface area contributed by atoms with E-state index in [0.717, 1.165) is 30.9 Å². The van der Waals surface area contributed by atoms with E-state index < -0.39 is 0 Å². The first-order valence-corrected chi connectivity index (χ1v) is 7.24. The van der Waals surface area contributed by atoms with Crippen LogP contribution in [0.15, 0.2) is 24.3 Å². The van der Waals surface area contributed by atoms with Crippen molar-refractivity contribution < 1.29 is 9.47 Å². The molecule has 0 spiro atoms. The standard InChI is InChI=1S/C16H27NO2/c1-5-11-18-15-9-7-8-10-16(15)19-12-14(17-4)13(3)6-2/h7-10,13-14,17H,5-6,11-12H2,1-4H3.